The lowest BCUT2D eigenvalue weighted by Gasteiger charge is -2.20. The van der Waals surface area contributed by atoms with E-state index in [1.165, 1.54) is 6.07 Å². The van der Waals surface area contributed by atoms with Crippen LogP contribution in [0.15, 0.2) is 28.9 Å². The quantitative estimate of drug-likeness (QED) is 0.407. The molecular weight excluding hydrogens is 447 g/mol. The average Bonchev–Trinajstić information content (AvgIpc) is 3.06. The molecular formula is C20H23BrClFN4O. The molecule has 5 nitrogen and oxygen atoms in total. The van der Waals surface area contributed by atoms with Crippen LogP contribution in [0.3, 0.4) is 0 Å². The fourth-order valence-corrected chi connectivity index (χ4v) is 3.71. The molecule has 2 aromatic heterocycles. The number of nitrogens with zero attached hydrogens (tertiary/aromatic N) is 4. The van der Waals surface area contributed by atoms with Crippen molar-refractivity contribution in [2.75, 3.05) is 31.2 Å². The van der Waals surface area contributed by atoms with Gasteiger partial charge < -0.3 is 14.2 Å². The first-order chi connectivity index (χ1) is 13.5. The van der Waals surface area contributed by atoms with Crippen molar-refractivity contribution in [3.8, 4) is 11.4 Å². The Morgan fingerprint density at radius 1 is 1.25 bits per heavy atom. The lowest BCUT2D eigenvalue weighted by molar-refractivity contribution is 0.140. The summed E-state index contributed by atoms with van der Waals surface area (Å²) in [5.74, 6) is 0.607. The van der Waals surface area contributed by atoms with Crippen LogP contribution in [0, 0.1) is 5.82 Å². The number of hydrogen-bond donors (Lipinski definition) is 0. The van der Waals surface area contributed by atoms with Crippen LogP contribution in [0.4, 0.5) is 10.2 Å². The van der Waals surface area contributed by atoms with Crippen molar-refractivity contribution in [2.24, 2.45) is 0 Å². The fourth-order valence-electron chi connectivity index (χ4n) is 3.19. The first-order valence-electron chi connectivity index (χ1n) is 9.34. The Kier molecular flexibility index (Phi) is 6.91. The van der Waals surface area contributed by atoms with Gasteiger partial charge in [-0.25, -0.2) is 14.4 Å². The van der Waals surface area contributed by atoms with Crippen molar-refractivity contribution in [2.45, 2.75) is 27.3 Å². The number of rotatable bonds is 8. The molecule has 0 aliphatic carbocycles. The molecule has 28 heavy (non-hydrogen) atoms. The zero-order valence-electron chi connectivity index (χ0n) is 16.2. The van der Waals surface area contributed by atoms with Gasteiger partial charge in [0, 0.05) is 42.5 Å². The highest BCUT2D eigenvalue weighted by Crippen LogP contribution is 2.34. The zero-order valence-corrected chi connectivity index (χ0v) is 18.5. The highest BCUT2D eigenvalue weighted by molar-refractivity contribution is 9.10. The number of fused-ring (bicyclic) bond motifs is 1. The van der Waals surface area contributed by atoms with E-state index in [0.717, 1.165) is 9.99 Å². The van der Waals surface area contributed by atoms with Gasteiger partial charge in [-0.15, -0.1) is 0 Å². The van der Waals surface area contributed by atoms with Crippen molar-refractivity contribution in [1.29, 1.82) is 0 Å². The van der Waals surface area contributed by atoms with Crippen LogP contribution in [0.5, 0.6) is 0 Å². The van der Waals surface area contributed by atoms with Crippen LogP contribution in [-0.4, -0.2) is 40.8 Å². The standard InChI is InChI=1S/C20H23BrClFN4O/c1-4-26(5-2)20-15(23)11-13(12-24-20)19-25-18-16(8-7-14(21)17(18)22)27(19)9-10-28-6-3/h7-8,11-12H,4-6,9-10H2,1-3H3. The molecule has 0 spiro atoms. The minimum absolute atomic E-state index is 0.353. The third-order valence-electron chi connectivity index (χ3n) is 4.62. The summed E-state index contributed by atoms with van der Waals surface area (Å²) in [7, 11) is 0. The molecule has 0 bridgehead atoms. The lowest BCUT2D eigenvalue weighted by atomic mass is 10.2. The van der Waals surface area contributed by atoms with E-state index in [9.17, 15) is 4.39 Å². The summed E-state index contributed by atoms with van der Waals surface area (Å²) in [6, 6.07) is 5.32. The molecule has 2 heterocycles. The molecule has 1 aromatic carbocycles. The molecule has 8 heteroatoms. The number of anilines is 1. The molecule has 0 amide bonds. The maximum Gasteiger partial charge on any atom is 0.166 e. The molecule has 0 radical (unpaired) electrons. The summed E-state index contributed by atoms with van der Waals surface area (Å²) >= 11 is 9.88. The topological polar surface area (TPSA) is 43.2 Å². The van der Waals surface area contributed by atoms with Crippen molar-refractivity contribution in [3.05, 3.63) is 39.7 Å². The van der Waals surface area contributed by atoms with E-state index in [1.54, 1.807) is 6.20 Å². The molecule has 0 N–H and O–H groups in total. The van der Waals surface area contributed by atoms with E-state index < -0.39 is 0 Å². The van der Waals surface area contributed by atoms with Gasteiger partial charge >= 0.3 is 0 Å². The first kappa shape index (κ1) is 21.0. The van der Waals surface area contributed by atoms with Gasteiger partial charge in [0.15, 0.2) is 11.6 Å². The highest BCUT2D eigenvalue weighted by Gasteiger charge is 2.19. The summed E-state index contributed by atoms with van der Waals surface area (Å²) in [5, 5.41) is 0.530. The largest absolute Gasteiger partial charge is 0.380 e. The summed E-state index contributed by atoms with van der Waals surface area (Å²) < 4.78 is 23.1. The normalized spacial score (nSPS) is 11.4. The van der Waals surface area contributed by atoms with E-state index in [2.05, 4.69) is 20.9 Å². The Balaban J connectivity index is 2.12. The lowest BCUT2D eigenvalue weighted by Crippen LogP contribution is -2.24. The third-order valence-corrected chi connectivity index (χ3v) is 5.89. The predicted molar refractivity (Wildman–Crippen MR) is 116 cm³/mol. The second-order valence-electron chi connectivity index (χ2n) is 6.21. The summed E-state index contributed by atoms with van der Waals surface area (Å²) in [4.78, 5) is 11.0. The molecule has 0 saturated carbocycles. The van der Waals surface area contributed by atoms with Crippen molar-refractivity contribution in [1.82, 2.24) is 14.5 Å². The van der Waals surface area contributed by atoms with Gasteiger partial charge in [-0.05, 0) is 54.9 Å². The molecule has 3 aromatic rings. The van der Waals surface area contributed by atoms with Crippen molar-refractivity contribution >= 4 is 44.4 Å². The maximum atomic E-state index is 14.8. The van der Waals surface area contributed by atoms with Crippen LogP contribution in [0.25, 0.3) is 22.4 Å². The Labute approximate surface area is 177 Å². The Morgan fingerprint density at radius 2 is 2.00 bits per heavy atom. The Bertz CT molecular complexity index is 974. The Hall–Kier alpha value is -1.70. The molecule has 0 aliphatic rings. The highest BCUT2D eigenvalue weighted by atomic mass is 79.9. The molecule has 3 rings (SSSR count). The molecule has 0 aliphatic heterocycles. The van der Waals surface area contributed by atoms with Crippen LogP contribution in [0.1, 0.15) is 20.8 Å². The van der Waals surface area contributed by atoms with Crippen LogP contribution in [0.2, 0.25) is 5.02 Å². The number of hydrogen-bond acceptors (Lipinski definition) is 4. The van der Waals surface area contributed by atoms with Gasteiger partial charge in [0.25, 0.3) is 0 Å². The molecule has 0 fully saturated rings. The van der Waals surface area contributed by atoms with Gasteiger partial charge in [-0.2, -0.15) is 0 Å². The van der Waals surface area contributed by atoms with Gasteiger partial charge in [0.2, 0.25) is 0 Å². The number of pyridine rings is 1. The van der Waals surface area contributed by atoms with Crippen molar-refractivity contribution < 1.29 is 9.13 Å². The van der Waals surface area contributed by atoms with E-state index in [1.807, 2.05) is 42.4 Å². The van der Waals surface area contributed by atoms with E-state index >= 15 is 0 Å². The average molecular weight is 470 g/mol. The van der Waals surface area contributed by atoms with E-state index in [-0.39, 0.29) is 5.82 Å². The van der Waals surface area contributed by atoms with Gasteiger partial charge in [-0.3, -0.25) is 0 Å². The van der Waals surface area contributed by atoms with Crippen LogP contribution in [-0.2, 0) is 11.3 Å². The summed E-state index contributed by atoms with van der Waals surface area (Å²) in [6.45, 7) is 9.02. The summed E-state index contributed by atoms with van der Waals surface area (Å²) in [6.07, 6.45) is 1.66. The van der Waals surface area contributed by atoms with Crippen LogP contribution < -0.4 is 4.90 Å². The zero-order chi connectivity index (χ0) is 20.3. The minimum atomic E-state index is -0.364. The molecule has 0 saturated heterocycles. The van der Waals surface area contributed by atoms with E-state index in [0.29, 0.717) is 60.6 Å². The number of halogens is 3. The van der Waals surface area contributed by atoms with Crippen molar-refractivity contribution in [3.63, 3.8) is 0 Å². The number of benzene rings is 1. The molecule has 150 valence electrons. The predicted octanol–water partition coefficient (Wildman–Crippen LogP) is 5.54. The fraction of sp³-hybridized carbons (Fsp3) is 0.400. The SMILES string of the molecule is CCOCCn1c(-c2cnc(N(CC)CC)c(F)c2)nc2c(Cl)c(Br)ccc21. The van der Waals surface area contributed by atoms with Crippen LogP contribution >= 0.6 is 27.5 Å². The van der Waals surface area contributed by atoms with Gasteiger partial charge in [-0.1, -0.05) is 11.6 Å². The number of imidazole rings is 1. The third kappa shape index (κ3) is 4.02. The number of aromatic nitrogens is 3. The van der Waals surface area contributed by atoms with E-state index in [4.69, 9.17) is 21.3 Å². The maximum absolute atomic E-state index is 14.8. The molecule has 0 unspecified atom stereocenters. The second kappa shape index (κ2) is 9.20. The number of ether oxygens (including phenoxy) is 1. The second-order valence-corrected chi connectivity index (χ2v) is 7.45. The van der Waals surface area contributed by atoms with Gasteiger partial charge in [0.1, 0.15) is 11.3 Å². The molecule has 0 atom stereocenters. The smallest absolute Gasteiger partial charge is 0.166 e. The Morgan fingerprint density at radius 3 is 2.64 bits per heavy atom. The first-order valence-corrected chi connectivity index (χ1v) is 10.5. The van der Waals surface area contributed by atoms with Gasteiger partial charge in [0.05, 0.1) is 17.1 Å². The summed E-state index contributed by atoms with van der Waals surface area (Å²) in [5.41, 5.74) is 2.14. The monoisotopic (exact) mass is 468 g/mol. The minimum Gasteiger partial charge on any atom is -0.380 e.